The third kappa shape index (κ3) is 4.48. The predicted octanol–water partition coefficient (Wildman–Crippen LogP) is 7.48. The minimum Gasteiger partial charge on any atom is -0.484 e. The summed E-state index contributed by atoms with van der Waals surface area (Å²) < 4.78 is 8.18. The minimum absolute atomic E-state index is 0.320. The molecule has 4 rings (SSSR count). The van der Waals surface area contributed by atoms with Crippen LogP contribution in [0.15, 0.2) is 66.7 Å². The normalized spacial score (nSPS) is 12.3. The fraction of sp³-hybridized carbons (Fsp3) is 0.240. The lowest BCUT2D eigenvalue weighted by atomic mass is 9.98. The molecule has 0 amide bonds. The van der Waals surface area contributed by atoms with Gasteiger partial charge >= 0.3 is 0 Å². The molecule has 4 aromatic rings. The Morgan fingerprint density at radius 1 is 1.00 bits per heavy atom. The van der Waals surface area contributed by atoms with Gasteiger partial charge in [-0.3, -0.25) is 0 Å². The average molecular weight is 439 g/mol. The Labute approximate surface area is 187 Å². The lowest BCUT2D eigenvalue weighted by molar-refractivity contribution is 0.291. The van der Waals surface area contributed by atoms with Crippen LogP contribution in [0.1, 0.15) is 43.1 Å². The van der Waals surface area contributed by atoms with Crippen molar-refractivity contribution in [3.8, 4) is 5.75 Å². The SMILES string of the molecule is CCC(C)c1ccc(Cn2c(COc3ccc(Cl)cc3Cl)nc3ccccc32)cc1. The number of nitrogens with zero attached hydrogens (tertiary/aromatic N) is 2. The van der Waals surface area contributed by atoms with E-state index in [0.29, 0.717) is 28.3 Å². The van der Waals surface area contributed by atoms with Crippen LogP contribution in [0.25, 0.3) is 11.0 Å². The summed E-state index contributed by atoms with van der Waals surface area (Å²) in [7, 11) is 0. The van der Waals surface area contributed by atoms with Gasteiger partial charge in [0, 0.05) is 11.6 Å². The van der Waals surface area contributed by atoms with Gasteiger partial charge in [-0.05, 0) is 53.8 Å². The molecular formula is C25H24Cl2N2O. The molecule has 5 heteroatoms. The summed E-state index contributed by atoms with van der Waals surface area (Å²) in [4.78, 5) is 4.80. The number of benzene rings is 3. The molecule has 0 saturated heterocycles. The molecular weight excluding hydrogens is 415 g/mol. The van der Waals surface area contributed by atoms with E-state index in [4.69, 9.17) is 32.9 Å². The molecule has 0 aliphatic rings. The molecule has 154 valence electrons. The summed E-state index contributed by atoms with van der Waals surface area (Å²) >= 11 is 12.2. The van der Waals surface area contributed by atoms with Crippen LogP contribution in [0.2, 0.25) is 10.0 Å². The van der Waals surface area contributed by atoms with Crippen molar-refractivity contribution in [2.75, 3.05) is 0 Å². The van der Waals surface area contributed by atoms with Crippen LogP contribution < -0.4 is 4.74 Å². The van der Waals surface area contributed by atoms with Crippen molar-refractivity contribution in [3.05, 3.63) is 93.7 Å². The van der Waals surface area contributed by atoms with Gasteiger partial charge in [-0.1, -0.05) is 73.4 Å². The summed E-state index contributed by atoms with van der Waals surface area (Å²) in [5.74, 6) is 2.02. The zero-order valence-corrected chi connectivity index (χ0v) is 18.6. The molecule has 0 aliphatic heterocycles. The molecule has 0 spiro atoms. The Balaban J connectivity index is 1.61. The van der Waals surface area contributed by atoms with E-state index in [1.54, 1.807) is 18.2 Å². The van der Waals surface area contributed by atoms with Crippen LogP contribution in [0.3, 0.4) is 0 Å². The maximum Gasteiger partial charge on any atom is 0.148 e. The van der Waals surface area contributed by atoms with Crippen LogP contribution in [0, 0.1) is 0 Å². The minimum atomic E-state index is 0.320. The monoisotopic (exact) mass is 438 g/mol. The Kier molecular flexibility index (Phi) is 6.31. The van der Waals surface area contributed by atoms with Crippen molar-refractivity contribution in [1.82, 2.24) is 9.55 Å². The molecule has 0 N–H and O–H groups in total. The van der Waals surface area contributed by atoms with Gasteiger partial charge in [0.1, 0.15) is 18.2 Å². The van der Waals surface area contributed by atoms with E-state index < -0.39 is 0 Å². The van der Waals surface area contributed by atoms with Gasteiger partial charge in [-0.2, -0.15) is 0 Å². The zero-order chi connectivity index (χ0) is 21.1. The van der Waals surface area contributed by atoms with E-state index in [0.717, 1.165) is 29.8 Å². The van der Waals surface area contributed by atoms with Crippen molar-refractivity contribution in [3.63, 3.8) is 0 Å². The fourth-order valence-electron chi connectivity index (χ4n) is 3.52. The van der Waals surface area contributed by atoms with Crippen LogP contribution in [-0.2, 0) is 13.2 Å². The largest absolute Gasteiger partial charge is 0.484 e. The van der Waals surface area contributed by atoms with E-state index in [2.05, 4.69) is 48.7 Å². The van der Waals surface area contributed by atoms with Crippen molar-refractivity contribution < 1.29 is 4.74 Å². The molecule has 0 saturated carbocycles. The number of hydrogen-bond acceptors (Lipinski definition) is 2. The molecule has 1 aromatic heterocycles. The van der Waals surface area contributed by atoms with Crippen LogP contribution in [0.4, 0.5) is 0 Å². The number of hydrogen-bond donors (Lipinski definition) is 0. The molecule has 0 bridgehead atoms. The standard InChI is InChI=1S/C25H24Cl2N2O/c1-3-17(2)19-10-8-18(9-11-19)15-29-23-7-5-4-6-22(23)28-25(29)16-30-24-13-12-20(26)14-21(24)27/h4-14,17H,3,15-16H2,1-2H3. The average Bonchev–Trinajstić information content (AvgIpc) is 3.10. The number of fused-ring (bicyclic) bond motifs is 1. The fourth-order valence-corrected chi connectivity index (χ4v) is 3.98. The van der Waals surface area contributed by atoms with Crippen molar-refractivity contribution >= 4 is 34.2 Å². The highest BCUT2D eigenvalue weighted by molar-refractivity contribution is 6.35. The summed E-state index contributed by atoms with van der Waals surface area (Å²) in [5.41, 5.74) is 4.65. The number of aromatic nitrogens is 2. The lowest BCUT2D eigenvalue weighted by Crippen LogP contribution is -2.08. The third-order valence-corrected chi connectivity index (χ3v) is 6.02. The van der Waals surface area contributed by atoms with E-state index >= 15 is 0 Å². The second kappa shape index (κ2) is 9.11. The zero-order valence-electron chi connectivity index (χ0n) is 17.1. The van der Waals surface area contributed by atoms with Gasteiger partial charge in [0.2, 0.25) is 0 Å². The predicted molar refractivity (Wildman–Crippen MR) is 125 cm³/mol. The van der Waals surface area contributed by atoms with Crippen molar-refractivity contribution in [2.45, 2.75) is 39.3 Å². The first-order chi connectivity index (χ1) is 14.5. The van der Waals surface area contributed by atoms with Gasteiger partial charge in [0.05, 0.1) is 16.1 Å². The quantitative estimate of drug-likeness (QED) is 0.298. The van der Waals surface area contributed by atoms with Crippen LogP contribution in [-0.4, -0.2) is 9.55 Å². The van der Waals surface area contributed by atoms with Gasteiger partial charge in [-0.25, -0.2) is 4.98 Å². The highest BCUT2D eigenvalue weighted by Gasteiger charge is 2.13. The Hall–Kier alpha value is -2.49. The van der Waals surface area contributed by atoms with E-state index in [-0.39, 0.29) is 0 Å². The molecule has 0 radical (unpaired) electrons. The summed E-state index contributed by atoms with van der Waals surface area (Å²) in [5, 5.41) is 1.08. The third-order valence-electron chi connectivity index (χ3n) is 5.49. The first-order valence-electron chi connectivity index (χ1n) is 10.2. The van der Waals surface area contributed by atoms with E-state index in [1.807, 2.05) is 18.2 Å². The maximum atomic E-state index is 6.26. The second-order valence-electron chi connectivity index (χ2n) is 7.52. The molecule has 1 unspecified atom stereocenters. The van der Waals surface area contributed by atoms with Crippen LogP contribution >= 0.6 is 23.2 Å². The summed E-state index contributed by atoms with van der Waals surface area (Å²) in [6, 6.07) is 22.3. The first kappa shape index (κ1) is 20.8. The lowest BCUT2D eigenvalue weighted by Gasteiger charge is -2.13. The molecule has 1 heterocycles. The Morgan fingerprint density at radius 2 is 1.77 bits per heavy atom. The maximum absolute atomic E-state index is 6.26. The molecule has 0 fully saturated rings. The second-order valence-corrected chi connectivity index (χ2v) is 8.36. The highest BCUT2D eigenvalue weighted by atomic mass is 35.5. The molecule has 3 aromatic carbocycles. The van der Waals surface area contributed by atoms with E-state index in [1.165, 1.54) is 11.1 Å². The summed E-state index contributed by atoms with van der Waals surface area (Å²) in [6.07, 6.45) is 1.14. The van der Waals surface area contributed by atoms with Gasteiger partial charge in [0.15, 0.2) is 0 Å². The van der Waals surface area contributed by atoms with Crippen LogP contribution in [0.5, 0.6) is 5.75 Å². The van der Waals surface area contributed by atoms with Gasteiger partial charge in [0.25, 0.3) is 0 Å². The van der Waals surface area contributed by atoms with Gasteiger partial charge in [-0.15, -0.1) is 0 Å². The topological polar surface area (TPSA) is 27.1 Å². The number of imidazole rings is 1. The summed E-state index contributed by atoms with van der Waals surface area (Å²) in [6.45, 7) is 5.53. The van der Waals surface area contributed by atoms with Crippen molar-refractivity contribution in [2.24, 2.45) is 0 Å². The smallest absolute Gasteiger partial charge is 0.148 e. The number of para-hydroxylation sites is 2. The molecule has 1 atom stereocenters. The Bertz CT molecular complexity index is 1150. The number of ether oxygens (including phenoxy) is 1. The Morgan fingerprint density at radius 3 is 2.50 bits per heavy atom. The molecule has 0 aliphatic carbocycles. The van der Waals surface area contributed by atoms with Gasteiger partial charge < -0.3 is 9.30 Å². The number of rotatable bonds is 7. The molecule has 30 heavy (non-hydrogen) atoms. The molecule has 3 nitrogen and oxygen atoms in total. The van der Waals surface area contributed by atoms with Crippen molar-refractivity contribution in [1.29, 1.82) is 0 Å². The van der Waals surface area contributed by atoms with E-state index in [9.17, 15) is 0 Å². The number of halogens is 2. The highest BCUT2D eigenvalue weighted by Crippen LogP contribution is 2.29. The first-order valence-corrected chi connectivity index (χ1v) is 10.9.